The van der Waals surface area contributed by atoms with Crippen molar-refractivity contribution in [2.45, 2.75) is 38.5 Å². The molecule has 1 saturated heterocycles. The van der Waals surface area contributed by atoms with Gasteiger partial charge < -0.3 is 9.64 Å². The summed E-state index contributed by atoms with van der Waals surface area (Å²) in [6, 6.07) is 0. The summed E-state index contributed by atoms with van der Waals surface area (Å²) in [5.74, 6) is 1.50. The molecule has 1 aromatic heterocycles. The topological polar surface area (TPSA) is 59.5 Å². The van der Waals surface area contributed by atoms with E-state index in [2.05, 4.69) is 4.98 Å². The van der Waals surface area contributed by atoms with Crippen LogP contribution in [0.1, 0.15) is 32.1 Å². The van der Waals surface area contributed by atoms with Crippen LogP contribution < -0.4 is 0 Å². The van der Waals surface area contributed by atoms with Crippen LogP contribution in [0.25, 0.3) is 0 Å². The number of rotatable bonds is 4. The summed E-state index contributed by atoms with van der Waals surface area (Å²) in [5, 5.41) is 0. The van der Waals surface area contributed by atoms with Crippen LogP contribution in [0.2, 0.25) is 0 Å². The van der Waals surface area contributed by atoms with Crippen LogP contribution in [0.5, 0.6) is 0 Å². The van der Waals surface area contributed by atoms with Gasteiger partial charge in [-0.15, -0.1) is 11.3 Å². The summed E-state index contributed by atoms with van der Waals surface area (Å²) < 4.78 is 17.5. The van der Waals surface area contributed by atoms with E-state index in [-0.39, 0.29) is 6.09 Å². The van der Waals surface area contributed by atoms with Crippen molar-refractivity contribution in [3.63, 3.8) is 0 Å². The highest BCUT2D eigenvalue weighted by Gasteiger charge is 2.30. The van der Waals surface area contributed by atoms with Crippen molar-refractivity contribution in [1.82, 2.24) is 9.88 Å². The predicted octanol–water partition coefficient (Wildman–Crippen LogP) is 2.65. The Morgan fingerprint density at radius 3 is 2.95 bits per heavy atom. The van der Waals surface area contributed by atoms with E-state index in [4.69, 9.17) is 4.74 Å². The summed E-state index contributed by atoms with van der Waals surface area (Å²) in [7, 11) is -0.895. The zero-order chi connectivity index (χ0) is 15.5. The lowest BCUT2D eigenvalue weighted by Crippen LogP contribution is -2.35. The van der Waals surface area contributed by atoms with Gasteiger partial charge in [-0.3, -0.25) is 9.19 Å². The summed E-state index contributed by atoms with van der Waals surface area (Å²) in [5.41, 5.74) is 1.29. The number of ether oxygens (including phenoxy) is 1. The monoisotopic (exact) mass is 330 g/mol. The van der Waals surface area contributed by atoms with Crippen LogP contribution in [-0.4, -0.2) is 44.6 Å². The Balaban J connectivity index is 1.77. The quantitative estimate of drug-likeness (QED) is 0.851. The van der Waals surface area contributed by atoms with Crippen LogP contribution in [0, 0.1) is 5.92 Å². The molecule has 1 aliphatic heterocycles. The lowest BCUT2D eigenvalue weighted by atomic mass is 10.2. The summed E-state index contributed by atoms with van der Waals surface area (Å²) in [6.07, 6.45) is 2.40. The maximum Gasteiger partial charge on any atom is 0.410 e. The second kappa shape index (κ2) is 6.87. The third-order valence-corrected chi connectivity index (χ3v) is 5.58. The summed E-state index contributed by atoms with van der Waals surface area (Å²) in [6.45, 7) is 6.93. The van der Waals surface area contributed by atoms with E-state index in [9.17, 15) is 9.00 Å². The number of hydrogen-bond acceptors (Lipinski definition) is 5. The Labute approximate surface area is 132 Å². The standard InChI is InChI=1S/C14H22N2O3S2/c1-14(2,3)19-13(17)16-5-4-11(7-16)8-21(18)9-12-6-15-10-20-12/h6,10-11H,4-5,7-9H2,1-3H3/t11-,21-/m1/s1. The second-order valence-electron chi connectivity index (χ2n) is 6.30. The molecule has 0 saturated carbocycles. The number of aromatic nitrogens is 1. The number of carbonyl (C=O) groups excluding carboxylic acids is 1. The molecule has 0 radical (unpaired) electrons. The fourth-order valence-corrected chi connectivity index (χ4v) is 4.61. The van der Waals surface area contributed by atoms with E-state index in [1.807, 2.05) is 20.8 Å². The molecule has 7 heteroatoms. The van der Waals surface area contributed by atoms with Crippen LogP contribution in [-0.2, 0) is 21.3 Å². The van der Waals surface area contributed by atoms with Gasteiger partial charge in [0.05, 0.1) is 11.3 Å². The van der Waals surface area contributed by atoms with Crippen molar-refractivity contribution < 1.29 is 13.7 Å². The lowest BCUT2D eigenvalue weighted by Gasteiger charge is -2.24. The van der Waals surface area contributed by atoms with Gasteiger partial charge in [0.2, 0.25) is 0 Å². The van der Waals surface area contributed by atoms with E-state index < -0.39 is 16.4 Å². The molecule has 1 amide bonds. The van der Waals surface area contributed by atoms with E-state index in [1.165, 1.54) is 11.3 Å². The molecule has 5 nitrogen and oxygen atoms in total. The fraction of sp³-hybridized carbons (Fsp3) is 0.714. The van der Waals surface area contributed by atoms with Crippen LogP contribution in [0.4, 0.5) is 4.79 Å². The van der Waals surface area contributed by atoms with E-state index in [0.29, 0.717) is 30.5 Å². The van der Waals surface area contributed by atoms with Gasteiger partial charge in [-0.1, -0.05) is 0 Å². The Morgan fingerprint density at radius 1 is 1.57 bits per heavy atom. The number of amides is 1. The first-order valence-electron chi connectivity index (χ1n) is 7.04. The Kier molecular flexibility index (Phi) is 5.37. The third-order valence-electron chi connectivity index (χ3n) is 3.15. The molecule has 1 aromatic rings. The molecule has 1 fully saturated rings. The molecule has 21 heavy (non-hydrogen) atoms. The maximum absolute atomic E-state index is 12.1. The van der Waals surface area contributed by atoms with Crippen molar-refractivity contribution in [2.75, 3.05) is 18.8 Å². The minimum atomic E-state index is -0.895. The SMILES string of the molecule is CC(C)(C)OC(=O)N1CC[C@@H](C[S@@](=O)Cc2cncs2)C1. The van der Waals surface area contributed by atoms with Gasteiger partial charge in [0.15, 0.2) is 0 Å². The maximum atomic E-state index is 12.1. The van der Waals surface area contributed by atoms with Crippen molar-refractivity contribution in [1.29, 1.82) is 0 Å². The van der Waals surface area contributed by atoms with E-state index >= 15 is 0 Å². The van der Waals surface area contributed by atoms with Crippen molar-refractivity contribution >= 4 is 28.2 Å². The average Bonchev–Trinajstić information content (AvgIpc) is 2.98. The lowest BCUT2D eigenvalue weighted by molar-refractivity contribution is 0.0289. The molecule has 0 aliphatic carbocycles. The molecule has 118 valence electrons. The molecule has 2 atom stereocenters. The number of hydrogen-bond donors (Lipinski definition) is 0. The number of likely N-dealkylation sites (tertiary alicyclic amines) is 1. The predicted molar refractivity (Wildman–Crippen MR) is 84.7 cm³/mol. The smallest absolute Gasteiger partial charge is 0.410 e. The van der Waals surface area contributed by atoms with Crippen LogP contribution in [0.3, 0.4) is 0 Å². The molecule has 2 heterocycles. The minimum absolute atomic E-state index is 0.266. The minimum Gasteiger partial charge on any atom is -0.444 e. The first kappa shape index (κ1) is 16.4. The number of nitrogens with zero attached hydrogens (tertiary/aromatic N) is 2. The third kappa shape index (κ3) is 5.39. The van der Waals surface area contributed by atoms with Crippen molar-refractivity contribution in [3.05, 3.63) is 16.6 Å². The zero-order valence-corrected chi connectivity index (χ0v) is 14.3. The van der Waals surface area contributed by atoms with Gasteiger partial charge in [-0.05, 0) is 33.1 Å². The fourth-order valence-electron chi connectivity index (χ4n) is 2.25. The largest absolute Gasteiger partial charge is 0.444 e. The Bertz CT molecular complexity index is 497. The van der Waals surface area contributed by atoms with Gasteiger partial charge in [-0.2, -0.15) is 0 Å². The highest BCUT2D eigenvalue weighted by molar-refractivity contribution is 7.84. The van der Waals surface area contributed by atoms with Crippen LogP contribution in [0.15, 0.2) is 11.7 Å². The summed E-state index contributed by atoms with van der Waals surface area (Å²) >= 11 is 1.53. The first-order chi connectivity index (χ1) is 9.83. The Hall–Kier alpha value is -0.950. The number of carbonyl (C=O) groups is 1. The van der Waals surface area contributed by atoms with Gasteiger partial charge in [0.1, 0.15) is 5.60 Å². The van der Waals surface area contributed by atoms with Gasteiger partial charge >= 0.3 is 6.09 Å². The molecule has 1 aliphatic rings. The molecular formula is C14H22N2O3S2. The van der Waals surface area contributed by atoms with Gasteiger partial charge in [0.25, 0.3) is 0 Å². The first-order valence-corrected chi connectivity index (χ1v) is 9.40. The van der Waals surface area contributed by atoms with Gasteiger partial charge in [-0.25, -0.2) is 4.79 Å². The highest BCUT2D eigenvalue weighted by Crippen LogP contribution is 2.21. The molecule has 0 bridgehead atoms. The zero-order valence-electron chi connectivity index (χ0n) is 12.7. The summed E-state index contributed by atoms with van der Waals surface area (Å²) in [4.78, 5) is 18.7. The molecule has 0 spiro atoms. The second-order valence-corrected chi connectivity index (χ2v) is 8.77. The highest BCUT2D eigenvalue weighted by atomic mass is 32.2. The molecule has 2 rings (SSSR count). The van der Waals surface area contributed by atoms with Gasteiger partial charge in [0, 0.05) is 40.7 Å². The molecular weight excluding hydrogens is 308 g/mol. The van der Waals surface area contributed by atoms with Crippen LogP contribution >= 0.6 is 11.3 Å². The van der Waals surface area contributed by atoms with Crippen molar-refractivity contribution in [2.24, 2.45) is 5.92 Å². The molecule has 0 N–H and O–H groups in total. The Morgan fingerprint density at radius 2 is 2.33 bits per heavy atom. The van der Waals surface area contributed by atoms with Crippen molar-refractivity contribution in [3.8, 4) is 0 Å². The van der Waals surface area contributed by atoms with E-state index in [0.717, 1.165) is 11.3 Å². The molecule has 0 unspecified atom stereocenters. The normalized spacial score (nSPS) is 20.5. The van der Waals surface area contributed by atoms with E-state index in [1.54, 1.807) is 16.6 Å². The average molecular weight is 330 g/mol. The molecule has 0 aromatic carbocycles. The number of thiazole rings is 1.